The van der Waals surface area contributed by atoms with E-state index >= 15 is 0 Å². The molecule has 5 aromatic heterocycles. The van der Waals surface area contributed by atoms with Gasteiger partial charge in [0.25, 0.3) is 0 Å². The van der Waals surface area contributed by atoms with Gasteiger partial charge in [0.15, 0.2) is 0 Å². The molecule has 0 saturated heterocycles. The van der Waals surface area contributed by atoms with Crippen LogP contribution in [-0.4, -0.2) is 0 Å². The topological polar surface area (TPSA) is 0 Å². The number of rotatable bonds is 4. The lowest BCUT2D eigenvalue weighted by Gasteiger charge is -2.06. The summed E-state index contributed by atoms with van der Waals surface area (Å²) in [6.07, 6.45) is 0. The highest BCUT2D eigenvalue weighted by molar-refractivity contribution is 9.10. The van der Waals surface area contributed by atoms with Crippen LogP contribution in [0.3, 0.4) is 0 Å². The predicted molar refractivity (Wildman–Crippen MR) is 125 cm³/mol. The van der Waals surface area contributed by atoms with E-state index in [1.165, 1.54) is 44.9 Å². The Morgan fingerprint density at radius 2 is 1.12 bits per heavy atom. The van der Waals surface area contributed by atoms with Crippen molar-refractivity contribution in [2.45, 2.75) is 0 Å². The average molecular weight is 492 g/mol. The summed E-state index contributed by atoms with van der Waals surface area (Å²) in [5, 5.41) is 8.67. The fraction of sp³-hybridized carbons (Fsp3) is 0. The van der Waals surface area contributed by atoms with Crippen molar-refractivity contribution in [3.05, 3.63) is 68.5 Å². The van der Waals surface area contributed by atoms with Crippen molar-refractivity contribution in [3.63, 3.8) is 0 Å². The molecule has 0 amide bonds. The third-order valence-corrected chi connectivity index (χ3v) is 10.0. The van der Waals surface area contributed by atoms with Gasteiger partial charge in [0, 0.05) is 30.2 Å². The van der Waals surface area contributed by atoms with Crippen LogP contribution in [0.5, 0.6) is 0 Å². The van der Waals surface area contributed by atoms with Crippen LogP contribution in [-0.2, 0) is 0 Å². The third kappa shape index (κ3) is 2.89. The third-order valence-electron chi connectivity index (χ3n) is 4.01. The van der Waals surface area contributed by atoms with Crippen LogP contribution >= 0.6 is 72.6 Å². The van der Waals surface area contributed by atoms with Crippen molar-refractivity contribution >= 4 is 72.6 Å². The lowest BCUT2D eigenvalue weighted by atomic mass is 10.0. The van der Waals surface area contributed by atoms with E-state index in [2.05, 4.69) is 79.9 Å². The Morgan fingerprint density at radius 1 is 0.538 bits per heavy atom. The zero-order valence-corrected chi connectivity index (χ0v) is 18.9. The van der Waals surface area contributed by atoms with Gasteiger partial charge in [0.1, 0.15) is 0 Å². The average Bonchev–Trinajstić information content (AvgIpc) is 3.43. The molecule has 0 saturated carbocycles. The molecule has 5 heterocycles. The van der Waals surface area contributed by atoms with Gasteiger partial charge < -0.3 is 0 Å². The molecule has 5 aromatic rings. The van der Waals surface area contributed by atoms with E-state index < -0.39 is 0 Å². The standard InChI is InChI=1S/C20H11BrS5/c21-12-7-11-25-18(12)20-17(14-5-2-9-23-14)16(13-4-1-8-22-13)19(26-20)15-6-3-10-24-15/h1-11H. The lowest BCUT2D eigenvalue weighted by Crippen LogP contribution is -1.79. The summed E-state index contributed by atoms with van der Waals surface area (Å²) in [5.41, 5.74) is 2.75. The quantitative estimate of drug-likeness (QED) is 0.235. The first kappa shape index (κ1) is 17.1. The molecule has 0 fully saturated rings. The van der Waals surface area contributed by atoms with Crippen molar-refractivity contribution in [1.29, 1.82) is 0 Å². The maximum atomic E-state index is 3.76. The van der Waals surface area contributed by atoms with Crippen LogP contribution in [0.2, 0.25) is 0 Å². The Bertz CT molecular complexity index is 1130. The van der Waals surface area contributed by atoms with Gasteiger partial charge in [-0.05, 0) is 61.7 Å². The molecule has 0 aliphatic rings. The molecule has 0 radical (unpaired) electrons. The Hall–Kier alpha value is -1.02. The maximum absolute atomic E-state index is 3.76. The van der Waals surface area contributed by atoms with E-state index in [0.29, 0.717) is 0 Å². The molecular weight excluding hydrogens is 480 g/mol. The lowest BCUT2D eigenvalue weighted by molar-refractivity contribution is 1.80. The monoisotopic (exact) mass is 490 g/mol. The van der Waals surface area contributed by atoms with Gasteiger partial charge in [-0.1, -0.05) is 18.2 Å². The minimum atomic E-state index is 1.18. The second-order valence-corrected chi connectivity index (χ2v) is 11.2. The van der Waals surface area contributed by atoms with Gasteiger partial charge in [0.2, 0.25) is 0 Å². The van der Waals surface area contributed by atoms with Gasteiger partial charge in [0.05, 0.1) is 14.6 Å². The fourth-order valence-electron chi connectivity index (χ4n) is 2.94. The van der Waals surface area contributed by atoms with Crippen LogP contribution in [0, 0.1) is 0 Å². The normalized spacial score (nSPS) is 11.3. The first-order chi connectivity index (χ1) is 12.8. The van der Waals surface area contributed by atoms with E-state index in [0.717, 1.165) is 0 Å². The summed E-state index contributed by atoms with van der Waals surface area (Å²) in [6, 6.07) is 15.3. The van der Waals surface area contributed by atoms with Crippen LogP contribution < -0.4 is 0 Å². The SMILES string of the molecule is Brc1ccsc1-c1sc(-c2cccs2)c(-c2cccs2)c1-c1cccs1. The minimum absolute atomic E-state index is 1.18. The van der Waals surface area contributed by atoms with Crippen LogP contribution in [0.1, 0.15) is 0 Å². The molecule has 5 rings (SSSR count). The largest absolute Gasteiger partial charge is 0.144 e. The summed E-state index contributed by atoms with van der Waals surface area (Å²) in [5.74, 6) is 0. The summed E-state index contributed by atoms with van der Waals surface area (Å²) in [7, 11) is 0. The molecule has 0 unspecified atom stereocenters. The minimum Gasteiger partial charge on any atom is -0.144 e. The summed E-state index contributed by atoms with van der Waals surface area (Å²) in [6.45, 7) is 0. The summed E-state index contributed by atoms with van der Waals surface area (Å²) >= 11 is 12.9. The number of halogens is 1. The molecule has 0 aromatic carbocycles. The van der Waals surface area contributed by atoms with Gasteiger partial charge in [-0.25, -0.2) is 0 Å². The Balaban J connectivity index is 1.89. The van der Waals surface area contributed by atoms with Crippen molar-refractivity contribution in [3.8, 4) is 40.4 Å². The molecule has 0 nitrogen and oxygen atoms in total. The molecule has 0 N–H and O–H groups in total. The zero-order valence-electron chi connectivity index (χ0n) is 13.3. The molecule has 0 aliphatic carbocycles. The van der Waals surface area contributed by atoms with E-state index in [9.17, 15) is 0 Å². The smallest absolute Gasteiger partial charge is 0.0591 e. The van der Waals surface area contributed by atoms with Crippen molar-refractivity contribution in [2.24, 2.45) is 0 Å². The second-order valence-electron chi connectivity index (χ2n) is 5.54. The molecule has 26 heavy (non-hydrogen) atoms. The highest BCUT2D eigenvalue weighted by Crippen LogP contribution is 2.56. The van der Waals surface area contributed by atoms with E-state index in [-0.39, 0.29) is 0 Å². The molecule has 6 heteroatoms. The molecule has 0 atom stereocenters. The molecular formula is C20H11BrS5. The van der Waals surface area contributed by atoms with E-state index in [1.54, 1.807) is 11.3 Å². The second kappa shape index (κ2) is 7.19. The molecule has 0 bridgehead atoms. The Morgan fingerprint density at radius 3 is 1.62 bits per heavy atom. The van der Waals surface area contributed by atoms with Crippen LogP contribution in [0.4, 0.5) is 0 Å². The van der Waals surface area contributed by atoms with Crippen molar-refractivity contribution in [2.75, 3.05) is 0 Å². The molecule has 128 valence electrons. The number of thiophene rings is 5. The first-order valence-electron chi connectivity index (χ1n) is 7.84. The highest BCUT2D eigenvalue weighted by atomic mass is 79.9. The fourth-order valence-corrected chi connectivity index (χ4v) is 8.69. The summed E-state index contributed by atoms with van der Waals surface area (Å²) < 4.78 is 1.18. The van der Waals surface area contributed by atoms with Crippen molar-refractivity contribution in [1.82, 2.24) is 0 Å². The van der Waals surface area contributed by atoms with E-state index in [4.69, 9.17) is 0 Å². The number of hydrogen-bond acceptors (Lipinski definition) is 5. The zero-order chi connectivity index (χ0) is 17.5. The number of hydrogen-bond donors (Lipinski definition) is 0. The first-order valence-corrected chi connectivity index (χ1v) is 13.0. The van der Waals surface area contributed by atoms with Crippen LogP contribution in [0.15, 0.2) is 68.5 Å². The molecule has 0 spiro atoms. The molecule has 0 aliphatic heterocycles. The van der Waals surface area contributed by atoms with Crippen LogP contribution in [0.25, 0.3) is 40.4 Å². The highest BCUT2D eigenvalue weighted by Gasteiger charge is 2.25. The maximum Gasteiger partial charge on any atom is 0.0591 e. The van der Waals surface area contributed by atoms with Gasteiger partial charge in [-0.15, -0.1) is 56.7 Å². The van der Waals surface area contributed by atoms with Gasteiger partial charge in [-0.2, -0.15) is 0 Å². The Labute approximate surface area is 180 Å². The summed E-state index contributed by atoms with van der Waals surface area (Å²) in [4.78, 5) is 8.08. The Kier molecular flexibility index (Phi) is 4.73. The van der Waals surface area contributed by atoms with Gasteiger partial charge in [-0.3, -0.25) is 0 Å². The predicted octanol–water partition coefficient (Wildman–Crippen LogP) is 9.42. The van der Waals surface area contributed by atoms with Crippen molar-refractivity contribution < 1.29 is 0 Å². The van der Waals surface area contributed by atoms with Gasteiger partial charge >= 0.3 is 0 Å². The van der Waals surface area contributed by atoms with E-state index in [1.807, 2.05) is 45.3 Å².